The highest BCUT2D eigenvalue weighted by Gasteiger charge is 2.67. The molecule has 8 rings (SSSR count). The molecule has 376 valence electrons. The van der Waals surface area contributed by atoms with Crippen molar-refractivity contribution in [3.63, 3.8) is 0 Å². The van der Waals surface area contributed by atoms with E-state index < -0.39 is 24.1 Å². The lowest BCUT2D eigenvalue weighted by atomic mass is 9.43. The number of fused-ring (bicyclic) bond motifs is 10. The topological polar surface area (TPSA) is 254 Å². The Hall–Kier alpha value is -2.36. The average Bonchev–Trinajstić information content (AvgIpc) is 3.81. The number of aliphatic carboxylic acids is 2. The van der Waals surface area contributed by atoms with E-state index in [0.717, 1.165) is 77.0 Å². The third-order valence-corrected chi connectivity index (χ3v) is 21.6. The predicted octanol–water partition coefficient (Wildman–Crippen LogP) is 5.13. The van der Waals surface area contributed by atoms with Crippen LogP contribution in [0.25, 0.3) is 0 Å². The van der Waals surface area contributed by atoms with Crippen LogP contribution >= 0.6 is 0 Å². The second kappa shape index (κ2) is 19.8. The molecule has 8 aliphatic rings. The second-order valence-electron chi connectivity index (χ2n) is 24.4. The van der Waals surface area contributed by atoms with E-state index in [0.29, 0.717) is 50.4 Å². The molecule has 14 nitrogen and oxygen atoms in total. The summed E-state index contributed by atoms with van der Waals surface area (Å²) in [7, 11) is 0. The molecule has 1 unspecified atom stereocenters. The van der Waals surface area contributed by atoms with Crippen molar-refractivity contribution >= 4 is 23.8 Å². The number of rotatable bonds is 12. The fourth-order valence-electron chi connectivity index (χ4n) is 17.9. The van der Waals surface area contributed by atoms with E-state index >= 15 is 0 Å². The summed E-state index contributed by atoms with van der Waals surface area (Å²) in [5.74, 6) is 0.529. The Morgan fingerprint density at radius 3 is 1.23 bits per heavy atom. The van der Waals surface area contributed by atoms with Crippen LogP contribution in [0.5, 0.6) is 0 Å². The van der Waals surface area contributed by atoms with Gasteiger partial charge in [-0.25, -0.2) is 0 Å². The molecule has 0 radical (unpaired) electrons. The Morgan fingerprint density at radius 2 is 0.879 bits per heavy atom. The number of carbonyl (C=O) groups is 4. The maximum Gasteiger partial charge on any atom is 0.322 e. The Kier molecular flexibility index (Phi) is 15.4. The highest BCUT2D eigenvalue weighted by Crippen LogP contribution is 2.70. The molecule has 0 aromatic heterocycles. The van der Waals surface area contributed by atoms with Crippen molar-refractivity contribution in [2.24, 2.45) is 92.7 Å². The Labute approximate surface area is 392 Å². The molecule has 8 fully saturated rings. The molecule has 0 bridgehead atoms. The summed E-state index contributed by atoms with van der Waals surface area (Å²) < 4.78 is 0. The lowest BCUT2D eigenvalue weighted by molar-refractivity contribution is -0.207. The van der Waals surface area contributed by atoms with Crippen LogP contribution in [0.4, 0.5) is 0 Å². The summed E-state index contributed by atoms with van der Waals surface area (Å²) in [6.07, 6.45) is 11.7. The van der Waals surface area contributed by atoms with Gasteiger partial charge >= 0.3 is 11.9 Å². The smallest absolute Gasteiger partial charge is 0.322 e. The number of aliphatic hydroxyl groups excluding tert-OH is 6. The largest absolute Gasteiger partial charge is 0.480 e. The number of carboxylic acid groups (broad SMARTS) is 2. The van der Waals surface area contributed by atoms with Crippen molar-refractivity contribution in [3.05, 3.63) is 0 Å². The molecule has 2 amide bonds. The first-order valence-corrected chi connectivity index (χ1v) is 26.0. The maximum atomic E-state index is 12.0. The van der Waals surface area contributed by atoms with Crippen molar-refractivity contribution < 1.29 is 60.0 Å². The van der Waals surface area contributed by atoms with Gasteiger partial charge in [0.05, 0.1) is 36.6 Å². The number of nitrogens with one attached hydrogen (secondary N) is 2. The fourth-order valence-corrected chi connectivity index (χ4v) is 17.9. The van der Waals surface area contributed by atoms with Gasteiger partial charge in [0, 0.05) is 12.8 Å². The molecule has 0 heterocycles. The minimum absolute atomic E-state index is 0.0668. The fraction of sp³-hybridized carbons (Fsp3) is 0.923. The molecule has 0 aromatic rings. The molecule has 10 N–H and O–H groups in total. The van der Waals surface area contributed by atoms with Gasteiger partial charge in [-0.1, -0.05) is 41.5 Å². The van der Waals surface area contributed by atoms with Crippen molar-refractivity contribution in [2.45, 2.75) is 194 Å². The van der Waals surface area contributed by atoms with E-state index in [1.165, 1.54) is 0 Å². The van der Waals surface area contributed by atoms with Crippen molar-refractivity contribution in [2.75, 3.05) is 13.1 Å². The minimum Gasteiger partial charge on any atom is -0.480 e. The highest BCUT2D eigenvalue weighted by atomic mass is 16.4. The quantitative estimate of drug-likeness (QED) is 0.122. The lowest BCUT2D eigenvalue weighted by Crippen LogP contribution is -2.62. The van der Waals surface area contributed by atoms with Crippen LogP contribution in [-0.4, -0.2) is 114 Å². The van der Waals surface area contributed by atoms with E-state index in [1.807, 2.05) is 0 Å². The maximum absolute atomic E-state index is 12.0. The monoisotopic (exact) mass is 931 g/mol. The normalized spacial score (nSPS) is 47.7. The van der Waals surface area contributed by atoms with Crippen molar-refractivity contribution in [1.29, 1.82) is 0 Å². The molecule has 0 aromatic carbocycles. The number of hydrogen-bond acceptors (Lipinski definition) is 10. The first kappa shape index (κ1) is 51.5. The molecule has 0 aliphatic heterocycles. The van der Waals surface area contributed by atoms with E-state index in [2.05, 4.69) is 52.2 Å². The SMILES string of the molecule is C[C@H](CCC(=O)NCC(=O)O)[C@H]1CC[C@H]2[C@@H]3[C@H](O)CC4C[C@H](O)CC[C@]4(C)[C@H]3C[C@H](O)[C@]12C.C[C@H](CCC(=O)NCC(=O)O)[C@H]1CC[C@H]2[C@@H]3[C@H](O)C[C@@H]4C[C@H](O)CC[C@]4(C)[C@H]3C[C@H](O)[C@]12C. The zero-order valence-electron chi connectivity index (χ0n) is 40.7. The van der Waals surface area contributed by atoms with Crippen LogP contribution in [-0.2, 0) is 19.2 Å². The Morgan fingerprint density at radius 1 is 0.515 bits per heavy atom. The van der Waals surface area contributed by atoms with E-state index in [9.17, 15) is 49.8 Å². The Bertz CT molecular complexity index is 1640. The zero-order valence-corrected chi connectivity index (χ0v) is 40.7. The molecule has 14 heteroatoms. The molecule has 8 aliphatic carbocycles. The molecule has 0 spiro atoms. The van der Waals surface area contributed by atoms with E-state index in [1.54, 1.807) is 0 Å². The first-order chi connectivity index (χ1) is 31.0. The molecule has 66 heavy (non-hydrogen) atoms. The van der Waals surface area contributed by atoms with Gasteiger partial charge < -0.3 is 51.5 Å². The summed E-state index contributed by atoms with van der Waals surface area (Å²) in [6.45, 7) is 12.7. The predicted molar refractivity (Wildman–Crippen MR) is 246 cm³/mol. The van der Waals surface area contributed by atoms with E-state index in [4.69, 9.17) is 10.2 Å². The number of aliphatic hydroxyl groups is 6. The van der Waals surface area contributed by atoms with Gasteiger partial charge in [-0.15, -0.1) is 0 Å². The third kappa shape index (κ3) is 9.36. The second-order valence-corrected chi connectivity index (χ2v) is 24.4. The van der Waals surface area contributed by atoms with Crippen molar-refractivity contribution in [3.8, 4) is 0 Å². The van der Waals surface area contributed by atoms with Crippen LogP contribution in [0.2, 0.25) is 0 Å². The molecule has 22 atom stereocenters. The number of carboxylic acids is 2. The van der Waals surface area contributed by atoms with Gasteiger partial charge in [-0.05, 0) is 195 Å². The standard InChI is InChI=1S/2C26H43NO6/c2*1-14(4-7-22(31)27-13-23(32)33)17-5-6-18-24-19(12-21(30)26(17,18)3)25(2)9-8-16(28)10-15(25)11-20(24)29/h2*14-21,24,28-30H,4-13H2,1-3H3,(H,27,31)(H,32,33)/t14-,15?,16-,17-,18+,19+,20-,21+,24+,25+,26-;14-,15+,16-,17-,18+,19+,20-,21+,24+,25+,26-/m11/s1. The minimum atomic E-state index is -1.04. The summed E-state index contributed by atoms with van der Waals surface area (Å²) in [6, 6.07) is 0. The molecule has 8 saturated carbocycles. The van der Waals surface area contributed by atoms with Gasteiger partial charge in [-0.3, -0.25) is 19.2 Å². The van der Waals surface area contributed by atoms with Crippen LogP contribution < -0.4 is 10.6 Å². The van der Waals surface area contributed by atoms with E-state index in [-0.39, 0.29) is 130 Å². The number of hydrogen-bond donors (Lipinski definition) is 10. The average molecular weight is 931 g/mol. The third-order valence-electron chi connectivity index (χ3n) is 21.6. The molecule has 0 saturated heterocycles. The Balaban J connectivity index is 0.000000196. The number of amides is 2. The summed E-state index contributed by atoms with van der Waals surface area (Å²) in [4.78, 5) is 45.4. The highest BCUT2D eigenvalue weighted by molar-refractivity contribution is 5.81. The number of carbonyl (C=O) groups excluding carboxylic acids is 2. The van der Waals surface area contributed by atoms with Gasteiger partial charge in [0.25, 0.3) is 0 Å². The van der Waals surface area contributed by atoms with Crippen LogP contribution in [0.3, 0.4) is 0 Å². The lowest BCUT2D eigenvalue weighted by Gasteiger charge is -2.63. The van der Waals surface area contributed by atoms with Gasteiger partial charge in [-0.2, -0.15) is 0 Å². The summed E-state index contributed by atoms with van der Waals surface area (Å²) >= 11 is 0. The van der Waals surface area contributed by atoms with Gasteiger partial charge in [0.1, 0.15) is 13.1 Å². The summed E-state index contributed by atoms with van der Waals surface area (Å²) in [5, 5.41) is 88.7. The van der Waals surface area contributed by atoms with Crippen LogP contribution in [0.1, 0.15) is 157 Å². The summed E-state index contributed by atoms with van der Waals surface area (Å²) in [5.41, 5.74) is -0.429. The van der Waals surface area contributed by atoms with Crippen LogP contribution in [0.15, 0.2) is 0 Å². The first-order valence-electron chi connectivity index (χ1n) is 26.0. The molecular weight excluding hydrogens is 845 g/mol. The molecular formula is C52H86N2O12. The van der Waals surface area contributed by atoms with Gasteiger partial charge in [0.15, 0.2) is 0 Å². The van der Waals surface area contributed by atoms with Crippen LogP contribution in [0, 0.1) is 92.7 Å². The van der Waals surface area contributed by atoms with Crippen molar-refractivity contribution in [1.82, 2.24) is 10.6 Å². The van der Waals surface area contributed by atoms with Gasteiger partial charge in [0.2, 0.25) is 11.8 Å². The zero-order chi connectivity index (χ0) is 48.3.